The molecule has 17 atom stereocenters. The highest BCUT2D eigenvalue weighted by Crippen LogP contribution is 2.54. The molecule has 330 valence electrons. The number of aromatic hydroxyl groups is 1. The minimum atomic E-state index is -2.42. The minimum absolute atomic E-state index is 0.134. The van der Waals surface area contributed by atoms with E-state index in [0.717, 1.165) is 0 Å². The van der Waals surface area contributed by atoms with E-state index in [1.165, 1.54) is 37.3 Å². The van der Waals surface area contributed by atoms with Gasteiger partial charge in [-0.25, -0.2) is 0 Å². The Labute approximate surface area is 347 Å². The third-order valence-corrected chi connectivity index (χ3v) is 13.1. The standard InChI is InChI=1S/C43H56O17/c1-19-27(57-33-15-26(45)37(47)21(3)55-33)9-11-31(53-19)59-29-16-34(56-22(4)38(29)48)58-28-10-12-32(54-20(28)2)60-43-30(46)17-41(5,51)18-42(43,52)14-13-24-36(43)40(50)23-7-6-8-25(44)35(23)39(24)49/h6-8,13-14,19-22,26-29,31-34,37-38,44-45,47-48,51-52H,9-12,15-18H2,1-5H3/t19-,20+,21+,22-,26+,27-,28+,29-,31-,32+,33-,34+,37+,38-,41+,42+,43+/m1/s1. The van der Waals surface area contributed by atoms with Crippen molar-refractivity contribution < 1.29 is 82.9 Å². The summed E-state index contributed by atoms with van der Waals surface area (Å²) < 4.78 is 49.5. The summed E-state index contributed by atoms with van der Waals surface area (Å²) in [7, 11) is 0. The molecular weight excluding hydrogens is 788 g/mol. The van der Waals surface area contributed by atoms with Crippen LogP contribution in [0.2, 0.25) is 0 Å². The second-order valence-corrected chi connectivity index (χ2v) is 17.8. The van der Waals surface area contributed by atoms with Crippen LogP contribution in [0.15, 0.2) is 41.5 Å². The van der Waals surface area contributed by atoms with Crippen LogP contribution in [0.5, 0.6) is 5.75 Å². The predicted molar refractivity (Wildman–Crippen MR) is 204 cm³/mol. The molecule has 0 aromatic heterocycles. The first kappa shape index (κ1) is 43.6. The highest BCUT2D eigenvalue weighted by Gasteiger charge is 2.69. The van der Waals surface area contributed by atoms with Crippen LogP contribution in [0.1, 0.15) is 107 Å². The number of hydrogen-bond donors (Lipinski definition) is 6. The van der Waals surface area contributed by atoms with Gasteiger partial charge in [-0.15, -0.1) is 0 Å². The van der Waals surface area contributed by atoms with Crippen LogP contribution in [0.3, 0.4) is 0 Å². The molecule has 7 aliphatic rings. The van der Waals surface area contributed by atoms with E-state index in [2.05, 4.69) is 0 Å². The Morgan fingerprint density at radius 3 is 1.93 bits per heavy atom. The number of phenolic OH excluding ortho intramolecular Hbond substituents is 1. The summed E-state index contributed by atoms with van der Waals surface area (Å²) in [6, 6.07) is 4.05. The highest BCUT2D eigenvalue weighted by molar-refractivity contribution is 6.31. The molecule has 17 heteroatoms. The Balaban J connectivity index is 0.920. The lowest BCUT2D eigenvalue weighted by molar-refractivity contribution is -0.330. The number of rotatable bonds is 8. The van der Waals surface area contributed by atoms with Crippen molar-refractivity contribution in [1.82, 2.24) is 0 Å². The van der Waals surface area contributed by atoms with Gasteiger partial charge in [-0.3, -0.25) is 14.4 Å². The predicted octanol–water partition coefficient (Wildman–Crippen LogP) is 1.80. The number of ketones is 3. The number of fused-ring (bicyclic) bond motifs is 3. The summed E-state index contributed by atoms with van der Waals surface area (Å²) in [5, 5.41) is 65.1. The van der Waals surface area contributed by atoms with E-state index < -0.39 is 133 Å². The molecule has 1 aromatic rings. The fourth-order valence-electron chi connectivity index (χ4n) is 9.97. The Kier molecular flexibility index (Phi) is 11.8. The van der Waals surface area contributed by atoms with Crippen LogP contribution >= 0.6 is 0 Å². The summed E-state index contributed by atoms with van der Waals surface area (Å²) >= 11 is 0. The smallest absolute Gasteiger partial charge is 0.198 e. The summed E-state index contributed by atoms with van der Waals surface area (Å²) in [6.07, 6.45) is -6.82. The summed E-state index contributed by atoms with van der Waals surface area (Å²) in [5.74, 6) is -2.69. The van der Waals surface area contributed by atoms with Crippen molar-refractivity contribution in [2.45, 2.75) is 189 Å². The molecule has 1 aromatic carbocycles. The molecule has 0 radical (unpaired) electrons. The van der Waals surface area contributed by atoms with Crippen LogP contribution in [-0.4, -0.2) is 151 Å². The minimum Gasteiger partial charge on any atom is -0.507 e. The summed E-state index contributed by atoms with van der Waals surface area (Å²) in [4.78, 5) is 42.4. The largest absolute Gasteiger partial charge is 0.507 e. The third kappa shape index (κ3) is 7.73. The van der Waals surface area contributed by atoms with E-state index in [1.54, 1.807) is 20.8 Å². The quantitative estimate of drug-likeness (QED) is 0.218. The van der Waals surface area contributed by atoms with Gasteiger partial charge in [-0.2, -0.15) is 0 Å². The van der Waals surface area contributed by atoms with Gasteiger partial charge >= 0.3 is 0 Å². The lowest BCUT2D eigenvalue weighted by Gasteiger charge is -2.55. The normalized spacial score (nSPS) is 45.9. The number of carbonyl (C=O) groups excluding carboxylic acids is 3. The SMILES string of the molecule is C[C@@H]1O[C@H](O[C@@H]2CC[C@@H](O[C@@H]3C[C@H](O[C@H]4CC[C@H](O[C@]56C(=O)C[C@](C)(O)C[C@@]5(O)C=CC5=C6C(=O)c6cccc(O)c6C5=O)O[C@H]4C)O[C@H](C)[C@H]3O)O[C@@H]2C)C[C@H](O)[C@H]1O. The molecule has 4 heterocycles. The van der Waals surface area contributed by atoms with Crippen LogP contribution in [0, 0.1) is 0 Å². The molecule has 17 nitrogen and oxygen atoms in total. The Hall–Kier alpha value is -3.01. The number of phenols is 1. The monoisotopic (exact) mass is 844 g/mol. The van der Waals surface area contributed by atoms with E-state index in [4.69, 9.17) is 37.9 Å². The molecule has 0 amide bonds. The molecule has 0 bridgehead atoms. The number of aliphatic hydroxyl groups excluding tert-OH is 3. The van der Waals surface area contributed by atoms with E-state index >= 15 is 0 Å². The van der Waals surface area contributed by atoms with Gasteiger partial charge in [0.05, 0.1) is 65.6 Å². The second kappa shape index (κ2) is 16.3. The van der Waals surface area contributed by atoms with Crippen molar-refractivity contribution >= 4 is 17.3 Å². The second-order valence-electron chi connectivity index (χ2n) is 17.8. The fraction of sp³-hybridized carbons (Fsp3) is 0.698. The number of aliphatic hydroxyl groups is 5. The van der Waals surface area contributed by atoms with Gasteiger partial charge in [-0.05, 0) is 59.6 Å². The van der Waals surface area contributed by atoms with Crippen molar-refractivity contribution in [3.63, 3.8) is 0 Å². The van der Waals surface area contributed by atoms with Crippen molar-refractivity contribution in [1.29, 1.82) is 0 Å². The molecule has 60 heavy (non-hydrogen) atoms. The van der Waals surface area contributed by atoms with Crippen LogP contribution < -0.4 is 0 Å². The number of allylic oxidation sites excluding steroid dienone is 2. The Morgan fingerprint density at radius 2 is 1.28 bits per heavy atom. The van der Waals surface area contributed by atoms with Crippen LogP contribution in [0.25, 0.3) is 0 Å². The molecule has 3 aliphatic carbocycles. The number of Topliss-reactive ketones (excluding diaryl/α,β-unsaturated/α-hetero) is 3. The highest BCUT2D eigenvalue weighted by atomic mass is 16.7. The topological polar surface area (TPSA) is 246 Å². The number of hydrogen-bond acceptors (Lipinski definition) is 17. The molecule has 0 unspecified atom stereocenters. The maximum absolute atomic E-state index is 14.3. The van der Waals surface area contributed by atoms with Crippen LogP contribution in [0.4, 0.5) is 0 Å². The van der Waals surface area contributed by atoms with Crippen molar-refractivity contribution in [3.8, 4) is 5.75 Å². The molecule has 6 N–H and O–H groups in total. The van der Waals surface area contributed by atoms with Gasteiger partial charge in [0.1, 0.15) is 23.6 Å². The number of benzene rings is 1. The van der Waals surface area contributed by atoms with Crippen LogP contribution in [-0.2, 0) is 42.7 Å². The van der Waals surface area contributed by atoms with Crippen molar-refractivity contribution in [3.05, 3.63) is 52.6 Å². The number of carbonyl (C=O) groups is 3. The van der Waals surface area contributed by atoms with Crippen molar-refractivity contribution in [2.24, 2.45) is 0 Å². The first-order chi connectivity index (χ1) is 28.3. The Bertz CT molecular complexity index is 1900. The average Bonchev–Trinajstić information content (AvgIpc) is 3.16. The number of ether oxygens (including phenoxy) is 8. The maximum Gasteiger partial charge on any atom is 0.198 e. The van der Waals surface area contributed by atoms with Gasteiger partial charge in [0, 0.05) is 49.7 Å². The van der Waals surface area contributed by atoms with Gasteiger partial charge in [-0.1, -0.05) is 18.2 Å². The van der Waals surface area contributed by atoms with Gasteiger partial charge in [0.2, 0.25) is 0 Å². The molecule has 1 saturated carbocycles. The first-order valence-corrected chi connectivity index (χ1v) is 20.9. The maximum atomic E-state index is 14.3. The van der Waals surface area contributed by atoms with Gasteiger partial charge < -0.3 is 68.5 Å². The molecular formula is C43H56O17. The Morgan fingerprint density at radius 1 is 0.700 bits per heavy atom. The zero-order chi connectivity index (χ0) is 43.1. The first-order valence-electron chi connectivity index (χ1n) is 20.9. The lowest BCUT2D eigenvalue weighted by atomic mass is 9.57. The van der Waals surface area contributed by atoms with E-state index in [0.29, 0.717) is 19.3 Å². The summed E-state index contributed by atoms with van der Waals surface area (Å²) in [6.45, 7) is 8.38. The molecule has 8 rings (SSSR count). The van der Waals surface area contributed by atoms with E-state index in [-0.39, 0.29) is 47.6 Å². The molecule has 5 fully saturated rings. The molecule has 0 spiro atoms. The van der Waals surface area contributed by atoms with Gasteiger partial charge in [0.15, 0.2) is 48.1 Å². The fourth-order valence-corrected chi connectivity index (χ4v) is 9.97. The zero-order valence-electron chi connectivity index (χ0n) is 34.3. The van der Waals surface area contributed by atoms with Gasteiger partial charge in [0.25, 0.3) is 0 Å². The summed E-state index contributed by atoms with van der Waals surface area (Å²) in [5.41, 5.74) is -7.26. The van der Waals surface area contributed by atoms with E-state index in [1.807, 2.05) is 6.92 Å². The third-order valence-electron chi connectivity index (χ3n) is 13.1. The zero-order valence-corrected chi connectivity index (χ0v) is 34.3. The molecule has 4 aliphatic heterocycles. The van der Waals surface area contributed by atoms with Crippen molar-refractivity contribution in [2.75, 3.05) is 0 Å². The van der Waals surface area contributed by atoms with E-state index in [9.17, 15) is 45.0 Å². The average molecular weight is 845 g/mol. The lowest BCUT2D eigenvalue weighted by Crippen LogP contribution is -2.71. The molecule has 4 saturated heterocycles.